The highest BCUT2D eigenvalue weighted by molar-refractivity contribution is 5.95. The molecule has 3 aromatic rings. The predicted octanol–water partition coefficient (Wildman–Crippen LogP) is 4.99. The third-order valence-electron chi connectivity index (χ3n) is 6.88. The van der Waals surface area contributed by atoms with Crippen LogP contribution in [-0.2, 0) is 28.5 Å². The van der Waals surface area contributed by atoms with E-state index in [9.17, 15) is 23.8 Å². The van der Waals surface area contributed by atoms with Crippen LogP contribution in [0.1, 0.15) is 67.8 Å². The normalized spacial score (nSPS) is 23.0. The second-order valence-corrected chi connectivity index (χ2v) is 9.68. The molecule has 2 heterocycles. The Morgan fingerprint density at radius 2 is 1.97 bits per heavy atom. The highest BCUT2D eigenvalue weighted by Gasteiger charge is 2.52. The predicted molar refractivity (Wildman–Crippen MR) is 131 cm³/mol. The number of aliphatic hydroxyl groups excluding tert-OH is 1. The molecule has 1 atom stereocenters. The number of aliphatic hydroxyl groups is 2. The smallest absolute Gasteiger partial charge is 0.395 e. The monoisotopic (exact) mass is 525 g/mol. The van der Waals surface area contributed by atoms with Crippen LogP contribution in [0.2, 0.25) is 0 Å². The minimum absolute atomic E-state index is 0.237. The molecule has 0 amide bonds. The zero-order valence-electron chi connectivity index (χ0n) is 28.3. The maximum Gasteiger partial charge on any atom is 0.586 e. The van der Waals surface area contributed by atoms with Gasteiger partial charge in [-0.05, 0) is 60.6 Å². The fraction of sp³-hybridized carbons (Fsp3) is 0.464. The number of nitrogens with zero attached hydrogens (tertiary/aromatic N) is 1. The van der Waals surface area contributed by atoms with Crippen molar-refractivity contribution in [3.05, 3.63) is 59.0 Å². The lowest BCUT2D eigenvalue weighted by atomic mass is 9.86. The number of Topliss-reactive ketones (excluding diaryl/α,β-unsaturated/α-hetero) is 1. The van der Waals surface area contributed by atoms with Crippen LogP contribution >= 0.6 is 0 Å². The minimum atomic E-state index is -3.89. The van der Waals surface area contributed by atoms with Crippen molar-refractivity contribution in [2.24, 2.45) is 0 Å². The van der Waals surface area contributed by atoms with Gasteiger partial charge in [0, 0.05) is 25.7 Å². The highest BCUT2D eigenvalue weighted by Crippen LogP contribution is 2.52. The molecule has 37 heavy (non-hydrogen) atoms. The number of ether oxygens (including phenoxy) is 2. The maximum absolute atomic E-state index is 16.0. The quantitative estimate of drug-likeness (QED) is 0.412. The van der Waals surface area contributed by atoms with E-state index in [-0.39, 0.29) is 24.3 Å². The van der Waals surface area contributed by atoms with Gasteiger partial charge in [-0.15, -0.1) is 8.78 Å². The number of hydrogen-bond donors (Lipinski definition) is 2. The van der Waals surface area contributed by atoms with Crippen LogP contribution < -0.4 is 9.47 Å². The van der Waals surface area contributed by atoms with E-state index in [1.54, 1.807) is 0 Å². The summed E-state index contributed by atoms with van der Waals surface area (Å²) < 4.78 is 121. The first-order valence-corrected chi connectivity index (χ1v) is 11.6. The second-order valence-electron chi connectivity index (χ2n) is 9.68. The molecule has 0 saturated heterocycles. The standard InChI is InChI=1S/C28H30F3NO5/c1-4-26(2,3)24-10-17-9-16(20(29)13-21(17)32(24)14-19(34)15-33)11-25(35)27(7-8-27)18-5-6-22-23(12-18)37-28(30,31)36-22/h5-6,9-10,12-13,19,33-34H,4,7-8,11,14-15H2,1-3H3/t19-/m1/s1/i4D2,9D,10D,13D,14D2,19D. The first-order valence-electron chi connectivity index (χ1n) is 15.6. The Hall–Kier alpha value is -3.04. The first kappa shape index (κ1) is 17.5. The number of ketones is 1. The third-order valence-corrected chi connectivity index (χ3v) is 6.88. The van der Waals surface area contributed by atoms with E-state index in [1.807, 2.05) is 0 Å². The number of benzene rings is 2. The van der Waals surface area contributed by atoms with E-state index >= 15 is 4.39 Å². The van der Waals surface area contributed by atoms with Gasteiger partial charge in [-0.25, -0.2) is 4.39 Å². The van der Waals surface area contributed by atoms with E-state index in [0.29, 0.717) is 10.1 Å². The third kappa shape index (κ3) is 4.48. The van der Waals surface area contributed by atoms with Gasteiger partial charge in [0.2, 0.25) is 0 Å². The van der Waals surface area contributed by atoms with E-state index in [1.165, 1.54) is 32.0 Å². The molecule has 198 valence electrons. The van der Waals surface area contributed by atoms with Crippen LogP contribution in [0, 0.1) is 5.82 Å². The van der Waals surface area contributed by atoms with Gasteiger partial charge in [-0.3, -0.25) is 4.79 Å². The van der Waals surface area contributed by atoms with Crippen molar-refractivity contribution in [1.82, 2.24) is 4.57 Å². The summed E-state index contributed by atoms with van der Waals surface area (Å²) in [6.07, 6.45) is -9.65. The molecule has 2 aromatic carbocycles. The summed E-state index contributed by atoms with van der Waals surface area (Å²) in [6, 6.07) is 1.29. The average Bonchev–Trinajstić information content (AvgIpc) is 3.58. The van der Waals surface area contributed by atoms with Gasteiger partial charge >= 0.3 is 6.29 Å². The number of alkyl halides is 2. The SMILES string of the molecule is [2H]c1c(CC(=O)C2(c3ccc4c(c3)OC(F)(F)O4)CC2)c(F)c([2H])c2c1c([2H])c(C(C)(C)C([2H])([2H])C)n2C([2H])([2H])[C@@]([2H])(O)CO. The van der Waals surface area contributed by atoms with Crippen LogP contribution in [0.3, 0.4) is 0 Å². The topological polar surface area (TPSA) is 80.9 Å². The van der Waals surface area contributed by atoms with Crippen LogP contribution in [0.25, 0.3) is 10.9 Å². The van der Waals surface area contributed by atoms with Gasteiger partial charge in [-0.1, -0.05) is 26.8 Å². The molecule has 2 aliphatic rings. The molecule has 0 spiro atoms. The summed E-state index contributed by atoms with van der Waals surface area (Å²) in [6.45, 7) is -1.14. The fourth-order valence-corrected chi connectivity index (χ4v) is 4.43. The van der Waals surface area contributed by atoms with Gasteiger partial charge in [-0.2, -0.15) is 0 Å². The van der Waals surface area contributed by atoms with E-state index in [4.69, 9.17) is 11.0 Å². The molecule has 0 unspecified atom stereocenters. The number of carbonyl (C=O) groups is 1. The molecule has 0 radical (unpaired) electrons. The van der Waals surface area contributed by atoms with Crippen molar-refractivity contribution < 1.29 is 48.6 Å². The number of halogens is 3. The van der Waals surface area contributed by atoms with Crippen LogP contribution in [0.15, 0.2) is 36.3 Å². The Balaban J connectivity index is 1.69. The van der Waals surface area contributed by atoms with E-state index in [0.717, 1.165) is 6.92 Å². The van der Waals surface area contributed by atoms with Crippen LogP contribution in [0.5, 0.6) is 11.5 Å². The number of hydrogen-bond acceptors (Lipinski definition) is 5. The van der Waals surface area contributed by atoms with Crippen molar-refractivity contribution in [2.45, 2.75) is 76.1 Å². The molecule has 2 N–H and O–H groups in total. The lowest BCUT2D eigenvalue weighted by molar-refractivity contribution is -0.286. The van der Waals surface area contributed by atoms with E-state index < -0.39 is 101 Å². The van der Waals surface area contributed by atoms with Crippen molar-refractivity contribution in [2.75, 3.05) is 6.61 Å². The highest BCUT2D eigenvalue weighted by atomic mass is 19.3. The van der Waals surface area contributed by atoms with Gasteiger partial charge in [0.1, 0.15) is 11.6 Å². The lowest BCUT2D eigenvalue weighted by Gasteiger charge is -2.26. The Bertz CT molecular complexity index is 1750. The molecule has 0 bridgehead atoms. The molecule has 5 rings (SSSR count). The summed E-state index contributed by atoms with van der Waals surface area (Å²) in [7, 11) is 0. The lowest BCUT2D eigenvalue weighted by Crippen LogP contribution is -2.26. The molecule has 1 fully saturated rings. The van der Waals surface area contributed by atoms with Gasteiger partial charge in [0.25, 0.3) is 0 Å². The average molecular weight is 526 g/mol. The van der Waals surface area contributed by atoms with E-state index in [2.05, 4.69) is 9.47 Å². The maximum atomic E-state index is 16.0. The largest absolute Gasteiger partial charge is 0.586 e. The van der Waals surface area contributed by atoms with Gasteiger partial charge in [0.05, 0.1) is 38.3 Å². The summed E-state index contributed by atoms with van der Waals surface area (Å²) in [5.41, 5.74) is -4.62. The number of carbonyl (C=O) groups excluding carboxylic acids is 1. The summed E-state index contributed by atoms with van der Waals surface area (Å²) in [5.74, 6) is -2.57. The summed E-state index contributed by atoms with van der Waals surface area (Å²) in [5, 5.41) is 19.6. The molecule has 1 aliphatic heterocycles. The summed E-state index contributed by atoms with van der Waals surface area (Å²) >= 11 is 0. The fourth-order valence-electron chi connectivity index (χ4n) is 4.43. The molecule has 1 aromatic heterocycles. The Labute approximate surface area is 223 Å². The Morgan fingerprint density at radius 3 is 2.62 bits per heavy atom. The zero-order valence-corrected chi connectivity index (χ0v) is 20.3. The van der Waals surface area contributed by atoms with Crippen molar-refractivity contribution in [3.8, 4) is 11.5 Å². The second kappa shape index (κ2) is 8.77. The van der Waals surface area contributed by atoms with Crippen LogP contribution in [-0.4, -0.2) is 39.5 Å². The number of aromatic nitrogens is 1. The van der Waals surface area contributed by atoms with Crippen molar-refractivity contribution in [3.63, 3.8) is 0 Å². The number of rotatable bonds is 9. The van der Waals surface area contributed by atoms with Gasteiger partial charge < -0.3 is 24.3 Å². The molecule has 1 saturated carbocycles. The minimum Gasteiger partial charge on any atom is -0.395 e. The van der Waals surface area contributed by atoms with Crippen LogP contribution in [0.4, 0.5) is 13.2 Å². The molecule has 6 nitrogen and oxygen atoms in total. The number of fused-ring (bicyclic) bond motifs is 2. The Kier molecular flexibility index (Phi) is 4.14. The van der Waals surface area contributed by atoms with Crippen molar-refractivity contribution >= 4 is 16.7 Å². The van der Waals surface area contributed by atoms with Crippen molar-refractivity contribution in [1.29, 1.82) is 0 Å². The molecular weight excluding hydrogens is 487 g/mol. The molecule has 9 heteroatoms. The summed E-state index contributed by atoms with van der Waals surface area (Å²) in [4.78, 5) is 13.7. The zero-order chi connectivity index (χ0) is 33.9. The first-order chi connectivity index (χ1) is 20.4. The molecule has 1 aliphatic carbocycles. The van der Waals surface area contributed by atoms with Gasteiger partial charge in [0.15, 0.2) is 11.5 Å². The Morgan fingerprint density at radius 1 is 1.27 bits per heavy atom. The molecular formula is C28H30F3NO5.